The molecule has 1 aliphatic carbocycles. The minimum atomic E-state index is -1.38. The maximum atomic E-state index is 13.1. The average molecular weight is 353 g/mol. The molecule has 134 valence electrons. The molecule has 2 aromatic rings. The molecule has 0 unspecified atom stereocenters. The van der Waals surface area contributed by atoms with E-state index >= 15 is 0 Å². The summed E-state index contributed by atoms with van der Waals surface area (Å²) in [6, 6.07) is 10.9. The van der Waals surface area contributed by atoms with Gasteiger partial charge in [-0.3, -0.25) is 4.79 Å². The van der Waals surface area contributed by atoms with Crippen LogP contribution in [0, 0.1) is 0 Å². The van der Waals surface area contributed by atoms with Gasteiger partial charge in [0.2, 0.25) is 0 Å². The Morgan fingerprint density at radius 2 is 1.77 bits per heavy atom. The second kappa shape index (κ2) is 5.76. The fourth-order valence-electron chi connectivity index (χ4n) is 4.33. The number of fused-ring (bicyclic) bond motifs is 2. The maximum Gasteiger partial charge on any atom is 0.343 e. The standard InChI is InChI=1S/C20H19NO5/c1-26-15-7-3-2-6-12(15)13-8-9-14-17(22)16(19(24)25)18(23)20(21(13)14)10-4-5-11-20/h2-3,6-9,22H,4-5,10-11H2,1H3,(H,24,25). The maximum absolute atomic E-state index is 13.1. The minimum Gasteiger partial charge on any atom is -0.505 e. The molecular weight excluding hydrogens is 334 g/mol. The Kier molecular flexibility index (Phi) is 3.64. The van der Waals surface area contributed by atoms with Gasteiger partial charge < -0.3 is 19.5 Å². The molecule has 0 saturated heterocycles. The zero-order valence-corrected chi connectivity index (χ0v) is 14.4. The van der Waals surface area contributed by atoms with Gasteiger partial charge in [-0.25, -0.2) is 4.79 Å². The zero-order chi connectivity index (χ0) is 18.5. The summed E-state index contributed by atoms with van der Waals surface area (Å²) in [5.74, 6) is -1.72. The van der Waals surface area contributed by atoms with Crippen LogP contribution >= 0.6 is 0 Å². The van der Waals surface area contributed by atoms with Crippen LogP contribution in [0.25, 0.3) is 17.0 Å². The van der Waals surface area contributed by atoms with Gasteiger partial charge in [-0.2, -0.15) is 0 Å². The van der Waals surface area contributed by atoms with Gasteiger partial charge in [0.1, 0.15) is 16.9 Å². The fraction of sp³-hybridized carbons (Fsp3) is 0.300. The number of hydrogen-bond donors (Lipinski definition) is 2. The number of carboxylic acid groups (broad SMARTS) is 1. The number of nitrogens with zero attached hydrogens (tertiary/aromatic N) is 1. The predicted octanol–water partition coefficient (Wildman–Crippen LogP) is 3.37. The van der Waals surface area contributed by atoms with Gasteiger partial charge in [0, 0.05) is 5.56 Å². The van der Waals surface area contributed by atoms with Gasteiger partial charge in [0.05, 0.1) is 18.5 Å². The quantitative estimate of drug-likeness (QED) is 0.826. The predicted molar refractivity (Wildman–Crippen MR) is 95.1 cm³/mol. The van der Waals surface area contributed by atoms with E-state index in [1.165, 1.54) is 0 Å². The molecule has 0 radical (unpaired) electrons. The van der Waals surface area contributed by atoms with E-state index < -0.39 is 28.6 Å². The highest BCUT2D eigenvalue weighted by Crippen LogP contribution is 2.48. The number of para-hydroxylation sites is 1. The third-order valence-corrected chi connectivity index (χ3v) is 5.47. The van der Waals surface area contributed by atoms with E-state index in [-0.39, 0.29) is 0 Å². The molecule has 6 heteroatoms. The number of methoxy groups -OCH3 is 1. The number of ketones is 1. The number of benzene rings is 1. The van der Waals surface area contributed by atoms with Crippen LogP contribution in [0.4, 0.5) is 0 Å². The van der Waals surface area contributed by atoms with Crippen LogP contribution in [-0.4, -0.2) is 33.6 Å². The van der Waals surface area contributed by atoms with Crippen molar-refractivity contribution in [1.82, 2.24) is 4.57 Å². The van der Waals surface area contributed by atoms with E-state index in [2.05, 4.69) is 0 Å². The monoisotopic (exact) mass is 353 g/mol. The lowest BCUT2D eigenvalue weighted by molar-refractivity contribution is -0.136. The van der Waals surface area contributed by atoms with Crippen molar-refractivity contribution in [2.24, 2.45) is 0 Å². The topological polar surface area (TPSA) is 88.8 Å². The summed E-state index contributed by atoms with van der Waals surface area (Å²) in [7, 11) is 1.58. The van der Waals surface area contributed by atoms with Gasteiger partial charge in [0.15, 0.2) is 11.5 Å². The largest absolute Gasteiger partial charge is 0.505 e. The lowest BCUT2D eigenvalue weighted by Crippen LogP contribution is -2.46. The first kappa shape index (κ1) is 16.4. The summed E-state index contributed by atoms with van der Waals surface area (Å²) in [5, 5.41) is 20.0. The van der Waals surface area contributed by atoms with Crippen LogP contribution in [0.3, 0.4) is 0 Å². The summed E-state index contributed by atoms with van der Waals surface area (Å²) < 4.78 is 7.28. The number of carbonyl (C=O) groups is 2. The van der Waals surface area contributed by atoms with E-state index in [9.17, 15) is 19.8 Å². The van der Waals surface area contributed by atoms with Gasteiger partial charge >= 0.3 is 5.97 Å². The normalized spacial score (nSPS) is 18.3. The molecule has 1 aliphatic heterocycles. The average Bonchev–Trinajstić information content (AvgIpc) is 3.28. The highest BCUT2D eigenvalue weighted by molar-refractivity contribution is 6.25. The molecular formula is C20H19NO5. The Morgan fingerprint density at radius 1 is 1.12 bits per heavy atom. The minimum absolute atomic E-state index is 0.366. The van der Waals surface area contributed by atoms with Crippen molar-refractivity contribution in [3.8, 4) is 17.0 Å². The van der Waals surface area contributed by atoms with E-state index in [1.807, 2.05) is 34.9 Å². The lowest BCUT2D eigenvalue weighted by atomic mass is 9.82. The zero-order valence-electron chi connectivity index (χ0n) is 14.4. The molecule has 1 aromatic heterocycles. The molecule has 0 bridgehead atoms. The number of carboxylic acids is 1. The van der Waals surface area contributed by atoms with Crippen LogP contribution in [0.15, 0.2) is 42.0 Å². The number of rotatable bonds is 3. The van der Waals surface area contributed by atoms with Crippen molar-refractivity contribution in [2.75, 3.05) is 7.11 Å². The molecule has 26 heavy (non-hydrogen) atoms. The second-order valence-corrected chi connectivity index (χ2v) is 6.74. The van der Waals surface area contributed by atoms with Gasteiger partial charge in [-0.15, -0.1) is 0 Å². The van der Waals surface area contributed by atoms with Gasteiger partial charge in [-0.1, -0.05) is 25.0 Å². The van der Waals surface area contributed by atoms with Crippen LogP contribution < -0.4 is 4.74 Å². The molecule has 0 amide bonds. The Labute approximate surface area is 150 Å². The van der Waals surface area contributed by atoms with E-state index in [1.54, 1.807) is 13.2 Å². The number of aliphatic carboxylic acids is 1. The van der Waals surface area contributed by atoms with E-state index in [4.69, 9.17) is 4.74 Å². The van der Waals surface area contributed by atoms with Crippen molar-refractivity contribution >= 4 is 17.5 Å². The SMILES string of the molecule is COc1ccccc1-c1ccc2n1C1(CCCC1)C(=O)C(C(=O)O)=C2O. The smallest absolute Gasteiger partial charge is 0.343 e. The molecule has 4 rings (SSSR count). The lowest BCUT2D eigenvalue weighted by Gasteiger charge is -2.37. The van der Waals surface area contributed by atoms with Gasteiger partial charge in [0.25, 0.3) is 0 Å². The molecule has 2 aliphatic rings. The molecule has 2 heterocycles. The van der Waals surface area contributed by atoms with Crippen molar-refractivity contribution in [3.63, 3.8) is 0 Å². The number of carbonyl (C=O) groups excluding carboxylic acids is 1. The first-order valence-corrected chi connectivity index (χ1v) is 8.58. The first-order chi connectivity index (χ1) is 12.5. The molecule has 1 saturated carbocycles. The summed E-state index contributed by atoms with van der Waals surface area (Å²) >= 11 is 0. The molecule has 6 nitrogen and oxygen atoms in total. The summed E-state index contributed by atoms with van der Waals surface area (Å²) in [5.41, 5.74) is 0.430. The molecule has 2 N–H and O–H groups in total. The third-order valence-electron chi connectivity index (χ3n) is 5.47. The number of Topliss-reactive ketones (excluding diaryl/α,β-unsaturated/α-hetero) is 1. The molecule has 1 fully saturated rings. The van der Waals surface area contributed by atoms with Crippen molar-refractivity contribution < 1.29 is 24.5 Å². The van der Waals surface area contributed by atoms with Crippen LogP contribution in [0.1, 0.15) is 31.4 Å². The first-order valence-electron chi connectivity index (χ1n) is 8.58. The van der Waals surface area contributed by atoms with Crippen LogP contribution in [0.2, 0.25) is 0 Å². The molecule has 0 atom stereocenters. The summed E-state index contributed by atoms with van der Waals surface area (Å²) in [6.45, 7) is 0. The van der Waals surface area contributed by atoms with Crippen molar-refractivity contribution in [2.45, 2.75) is 31.2 Å². The van der Waals surface area contributed by atoms with Gasteiger partial charge in [-0.05, 0) is 37.1 Å². The Bertz CT molecular complexity index is 947. The number of aliphatic hydroxyl groups is 1. The van der Waals surface area contributed by atoms with Crippen molar-refractivity contribution in [3.05, 3.63) is 47.7 Å². The Balaban J connectivity index is 2.04. The molecule has 1 spiro atoms. The van der Waals surface area contributed by atoms with Crippen molar-refractivity contribution in [1.29, 1.82) is 0 Å². The Morgan fingerprint density at radius 3 is 2.42 bits per heavy atom. The summed E-state index contributed by atoms with van der Waals surface area (Å²) in [4.78, 5) is 24.8. The summed E-state index contributed by atoms with van der Waals surface area (Å²) in [6.07, 6.45) is 2.78. The molecule has 1 aromatic carbocycles. The number of aromatic nitrogens is 1. The second-order valence-electron chi connectivity index (χ2n) is 6.74. The van der Waals surface area contributed by atoms with Crippen LogP contribution in [-0.2, 0) is 15.1 Å². The number of ether oxygens (including phenoxy) is 1. The van der Waals surface area contributed by atoms with E-state index in [0.717, 1.165) is 24.1 Å². The third kappa shape index (κ3) is 2.05. The Hall–Kier alpha value is -3.02. The van der Waals surface area contributed by atoms with Crippen LogP contribution in [0.5, 0.6) is 5.75 Å². The highest BCUT2D eigenvalue weighted by Gasteiger charge is 2.51. The number of hydrogen-bond acceptors (Lipinski definition) is 4. The van der Waals surface area contributed by atoms with E-state index in [0.29, 0.717) is 24.3 Å². The number of aliphatic hydroxyl groups excluding tert-OH is 1. The fourth-order valence-corrected chi connectivity index (χ4v) is 4.33. The highest BCUT2D eigenvalue weighted by atomic mass is 16.5.